The maximum absolute atomic E-state index is 14.1. The summed E-state index contributed by atoms with van der Waals surface area (Å²) in [5.41, 5.74) is -1.65. The molecule has 46 heavy (non-hydrogen) atoms. The maximum Gasteiger partial charge on any atom is 0.310 e. The van der Waals surface area contributed by atoms with Crippen molar-refractivity contribution in [3.63, 3.8) is 0 Å². The number of Topliss-reactive ketones (excluding diaryl/α,β-unsaturated/α-hetero) is 1. The average molecular weight is 650 g/mol. The summed E-state index contributed by atoms with van der Waals surface area (Å²) in [4.78, 5) is 54.3. The van der Waals surface area contributed by atoms with Crippen molar-refractivity contribution < 1.29 is 33.4 Å². The van der Waals surface area contributed by atoms with Crippen LogP contribution in [-0.4, -0.2) is 75.2 Å². The Kier molecular flexibility index (Phi) is 11.2. The van der Waals surface area contributed by atoms with Gasteiger partial charge < -0.3 is 35.0 Å². The quantitative estimate of drug-likeness (QED) is 0.216. The molecule has 10 heteroatoms. The summed E-state index contributed by atoms with van der Waals surface area (Å²) in [6, 6.07) is 0. The highest BCUT2D eigenvalue weighted by Gasteiger charge is 2.46. The van der Waals surface area contributed by atoms with Crippen LogP contribution in [-0.2, 0) is 33.4 Å². The Morgan fingerprint density at radius 3 is 1.04 bits per heavy atom. The normalized spacial score (nSPS) is 26.7. The summed E-state index contributed by atoms with van der Waals surface area (Å²) in [6.07, 6.45) is 1.69. The molecule has 0 amide bonds. The molecule has 3 heterocycles. The summed E-state index contributed by atoms with van der Waals surface area (Å²) in [7, 11) is 0. The van der Waals surface area contributed by atoms with Gasteiger partial charge in [-0.1, -0.05) is 0 Å². The van der Waals surface area contributed by atoms with Gasteiger partial charge in [0.1, 0.15) is 24.1 Å². The van der Waals surface area contributed by atoms with Crippen molar-refractivity contribution in [3.8, 4) is 0 Å². The van der Waals surface area contributed by atoms with Gasteiger partial charge in [-0.3, -0.25) is 14.4 Å². The number of carbonyl (C=O) groups excluding carboxylic acids is 4. The molecule has 0 bridgehead atoms. The van der Waals surface area contributed by atoms with Crippen molar-refractivity contribution in [1.82, 2.24) is 16.0 Å². The molecular formula is C36H63N3O7. The number of carbonyl (C=O) groups is 4. The number of ketones is 1. The first-order chi connectivity index (χ1) is 20.7. The predicted molar refractivity (Wildman–Crippen MR) is 178 cm³/mol. The summed E-state index contributed by atoms with van der Waals surface area (Å²) >= 11 is 0. The van der Waals surface area contributed by atoms with E-state index in [9.17, 15) is 19.2 Å². The molecule has 0 aromatic rings. The zero-order valence-corrected chi connectivity index (χ0v) is 30.9. The fourth-order valence-electron chi connectivity index (χ4n) is 8.94. The van der Waals surface area contributed by atoms with Gasteiger partial charge >= 0.3 is 17.9 Å². The fraction of sp³-hybridized carbons (Fsp3) is 0.889. The smallest absolute Gasteiger partial charge is 0.310 e. The Bertz CT molecular complexity index is 1110. The van der Waals surface area contributed by atoms with E-state index < -0.39 is 42.0 Å². The summed E-state index contributed by atoms with van der Waals surface area (Å²) in [6.45, 7) is 26.1. The number of nitrogens with one attached hydrogen (secondary N) is 3. The lowest BCUT2D eigenvalue weighted by Crippen LogP contribution is -2.60. The van der Waals surface area contributed by atoms with Crippen LogP contribution in [0.3, 0.4) is 0 Å². The molecule has 0 aliphatic carbocycles. The molecule has 3 rings (SSSR count). The molecule has 2 atom stereocenters. The Balaban J connectivity index is 1.89. The molecule has 0 saturated carbocycles. The van der Waals surface area contributed by atoms with Crippen LogP contribution in [0.15, 0.2) is 0 Å². The van der Waals surface area contributed by atoms with Crippen LogP contribution >= 0.6 is 0 Å². The highest BCUT2D eigenvalue weighted by Crippen LogP contribution is 2.36. The van der Waals surface area contributed by atoms with Gasteiger partial charge in [-0.15, -0.1) is 0 Å². The van der Waals surface area contributed by atoms with E-state index in [4.69, 9.17) is 14.2 Å². The van der Waals surface area contributed by atoms with Crippen molar-refractivity contribution in [2.45, 2.75) is 193 Å². The SMILES string of the molecule is CC(=O)CC(C(=O)OC1CC(C)(C)NC(C)(C)C1)C(CC(=O)OC1CC(C)(C)NC(C)(C)C1)C(=O)OC1CC(C)(C)NC(C)(C)C1. The number of hydrogen-bond acceptors (Lipinski definition) is 10. The number of ether oxygens (including phenoxy) is 3. The fourth-order valence-corrected chi connectivity index (χ4v) is 8.94. The zero-order valence-electron chi connectivity index (χ0n) is 30.9. The molecule has 0 radical (unpaired) electrons. The van der Waals surface area contributed by atoms with Gasteiger partial charge in [0.2, 0.25) is 0 Å². The van der Waals surface area contributed by atoms with Gasteiger partial charge in [0.25, 0.3) is 0 Å². The molecule has 264 valence electrons. The molecule has 0 aromatic carbocycles. The monoisotopic (exact) mass is 649 g/mol. The van der Waals surface area contributed by atoms with E-state index >= 15 is 0 Å². The van der Waals surface area contributed by atoms with Crippen molar-refractivity contribution in [2.24, 2.45) is 11.8 Å². The third-order valence-corrected chi connectivity index (χ3v) is 9.31. The highest BCUT2D eigenvalue weighted by atomic mass is 16.6. The average Bonchev–Trinajstić information content (AvgIpc) is 2.74. The minimum atomic E-state index is -1.23. The molecule has 10 nitrogen and oxygen atoms in total. The van der Waals surface area contributed by atoms with Crippen LogP contribution < -0.4 is 16.0 Å². The van der Waals surface area contributed by atoms with E-state index in [2.05, 4.69) is 99.0 Å². The third kappa shape index (κ3) is 11.6. The lowest BCUT2D eigenvalue weighted by Gasteiger charge is -2.46. The Morgan fingerprint density at radius 1 is 0.500 bits per heavy atom. The number of rotatable bonds is 10. The molecule has 3 aliphatic rings. The molecule has 3 N–H and O–H groups in total. The van der Waals surface area contributed by atoms with E-state index in [0.717, 1.165) is 0 Å². The third-order valence-electron chi connectivity index (χ3n) is 9.31. The predicted octanol–water partition coefficient (Wildman–Crippen LogP) is 5.15. The molecule has 3 aliphatic heterocycles. The molecular weight excluding hydrogens is 586 g/mol. The lowest BCUT2D eigenvalue weighted by atomic mass is 9.80. The van der Waals surface area contributed by atoms with Gasteiger partial charge in [0, 0.05) is 78.2 Å². The molecule has 0 spiro atoms. The van der Waals surface area contributed by atoms with E-state index in [0.29, 0.717) is 38.5 Å². The Labute approximate surface area is 277 Å². The molecule has 3 fully saturated rings. The second-order valence-electron chi connectivity index (χ2n) is 18.5. The number of piperidine rings is 3. The Hall–Kier alpha value is -2.04. The minimum absolute atomic E-state index is 0.236. The topological polar surface area (TPSA) is 132 Å². The van der Waals surface area contributed by atoms with Gasteiger partial charge in [0.15, 0.2) is 0 Å². The van der Waals surface area contributed by atoms with Crippen LogP contribution in [0.2, 0.25) is 0 Å². The van der Waals surface area contributed by atoms with E-state index in [1.807, 2.05) is 0 Å². The van der Waals surface area contributed by atoms with Crippen molar-refractivity contribution in [3.05, 3.63) is 0 Å². The highest BCUT2D eigenvalue weighted by molar-refractivity contribution is 5.89. The van der Waals surface area contributed by atoms with Gasteiger partial charge in [0.05, 0.1) is 18.3 Å². The summed E-state index contributed by atoms with van der Waals surface area (Å²) in [5.74, 6) is -4.59. The first kappa shape index (κ1) is 38.4. The van der Waals surface area contributed by atoms with Crippen molar-refractivity contribution >= 4 is 23.7 Å². The van der Waals surface area contributed by atoms with Crippen LogP contribution in [0.4, 0.5) is 0 Å². The van der Waals surface area contributed by atoms with Gasteiger partial charge in [-0.25, -0.2) is 0 Å². The van der Waals surface area contributed by atoms with Crippen LogP contribution in [0.5, 0.6) is 0 Å². The van der Waals surface area contributed by atoms with Gasteiger partial charge in [-0.05, 0) is 90.0 Å². The van der Waals surface area contributed by atoms with E-state index in [-0.39, 0.29) is 58.0 Å². The zero-order chi connectivity index (χ0) is 35.1. The van der Waals surface area contributed by atoms with Gasteiger partial charge in [-0.2, -0.15) is 0 Å². The lowest BCUT2D eigenvalue weighted by molar-refractivity contribution is -0.175. The Morgan fingerprint density at radius 2 is 0.761 bits per heavy atom. The molecule has 2 unspecified atom stereocenters. The van der Waals surface area contributed by atoms with Crippen LogP contribution in [0.25, 0.3) is 0 Å². The first-order valence-corrected chi connectivity index (χ1v) is 17.1. The molecule has 0 aromatic heterocycles. The maximum atomic E-state index is 14.1. The number of esters is 3. The summed E-state index contributed by atoms with van der Waals surface area (Å²) in [5, 5.41) is 10.8. The standard InChI is InChI=1S/C36H63N3O7/c1-22(40)14-26(29(42)45-24-18-33(6,7)38-34(8,9)19-24)27(30(43)46-25-20-35(10,11)39-36(12,13)21-25)15-28(41)44-23-16-31(2,3)37-32(4,5)17-23/h23-27,37-39H,14-21H2,1-13H3. The first-order valence-electron chi connectivity index (χ1n) is 17.1. The number of hydrogen-bond donors (Lipinski definition) is 3. The van der Waals surface area contributed by atoms with Crippen molar-refractivity contribution in [2.75, 3.05) is 0 Å². The van der Waals surface area contributed by atoms with E-state index in [1.165, 1.54) is 6.92 Å². The van der Waals surface area contributed by atoms with Crippen LogP contribution in [0.1, 0.15) is 141 Å². The second-order valence-corrected chi connectivity index (χ2v) is 18.5. The summed E-state index contributed by atoms with van der Waals surface area (Å²) < 4.78 is 18.2. The van der Waals surface area contributed by atoms with Crippen LogP contribution in [0, 0.1) is 11.8 Å². The van der Waals surface area contributed by atoms with Crippen molar-refractivity contribution in [1.29, 1.82) is 0 Å². The second kappa shape index (κ2) is 13.5. The largest absolute Gasteiger partial charge is 0.462 e. The van der Waals surface area contributed by atoms with E-state index in [1.54, 1.807) is 0 Å². The molecule has 3 saturated heterocycles. The minimum Gasteiger partial charge on any atom is -0.462 e.